The fourth-order valence-electron chi connectivity index (χ4n) is 4.90. The van der Waals surface area contributed by atoms with Gasteiger partial charge in [-0.2, -0.15) is 0 Å². The van der Waals surface area contributed by atoms with Gasteiger partial charge >= 0.3 is 19.8 Å². The maximum absolute atomic E-state index is 12.3. The van der Waals surface area contributed by atoms with Crippen molar-refractivity contribution in [3.05, 3.63) is 12.2 Å². The van der Waals surface area contributed by atoms with Gasteiger partial charge in [0.05, 0.1) is 6.61 Å². The second-order valence-electron chi connectivity index (χ2n) is 11.8. The summed E-state index contributed by atoms with van der Waals surface area (Å²) >= 11 is 0. The Bertz CT molecular complexity index is 721. The Morgan fingerprint density at radius 3 is 1.47 bits per heavy atom. The Morgan fingerprint density at radius 1 is 0.581 bits per heavy atom. The quantitative estimate of drug-likeness (QED) is 0.0325. The van der Waals surface area contributed by atoms with Crippen molar-refractivity contribution in [2.75, 3.05) is 13.2 Å². The van der Waals surface area contributed by atoms with Crippen molar-refractivity contribution in [1.82, 2.24) is 0 Å². The molecule has 0 aliphatic carbocycles. The molecule has 0 radical (unpaired) electrons. The van der Waals surface area contributed by atoms with Crippen molar-refractivity contribution in [2.45, 2.75) is 180 Å². The predicted molar refractivity (Wildman–Crippen MR) is 175 cm³/mol. The molecule has 0 spiro atoms. The number of unbranched alkanes of at least 4 members (excludes halogenated alkanes) is 20. The molecule has 0 aromatic rings. The first kappa shape index (κ1) is 41.8. The Morgan fingerprint density at radius 2 is 0.977 bits per heavy atom. The van der Waals surface area contributed by atoms with Gasteiger partial charge in [0.2, 0.25) is 0 Å². The highest BCUT2D eigenvalue weighted by Crippen LogP contribution is 2.36. The molecular formula is C34H65O8P. The molecule has 0 amide bonds. The van der Waals surface area contributed by atoms with Crippen molar-refractivity contribution >= 4 is 19.8 Å². The first-order valence-corrected chi connectivity index (χ1v) is 19.0. The number of hydrogen-bond donors (Lipinski definition) is 2. The van der Waals surface area contributed by atoms with E-state index >= 15 is 0 Å². The number of phosphoric ester groups is 1. The summed E-state index contributed by atoms with van der Waals surface area (Å²) in [6.07, 6.45) is 30.7. The summed E-state index contributed by atoms with van der Waals surface area (Å²) in [5.74, 6) is -0.891. The van der Waals surface area contributed by atoms with Crippen LogP contribution in [0.25, 0.3) is 0 Å². The van der Waals surface area contributed by atoms with Crippen molar-refractivity contribution in [2.24, 2.45) is 0 Å². The number of hydrogen-bond acceptors (Lipinski definition) is 6. The normalized spacial score (nSPS) is 12.6. The van der Waals surface area contributed by atoms with Gasteiger partial charge in [0, 0.05) is 12.8 Å². The smallest absolute Gasteiger partial charge is 0.462 e. The average Bonchev–Trinajstić information content (AvgIpc) is 2.97. The molecule has 254 valence electrons. The minimum atomic E-state index is -4.74. The van der Waals surface area contributed by atoms with E-state index in [1.165, 1.54) is 83.5 Å². The lowest BCUT2D eigenvalue weighted by atomic mass is 10.0. The summed E-state index contributed by atoms with van der Waals surface area (Å²) in [6.45, 7) is 3.64. The van der Waals surface area contributed by atoms with Gasteiger partial charge in [0.25, 0.3) is 0 Å². The molecule has 0 aliphatic heterocycles. The van der Waals surface area contributed by atoms with Crippen molar-refractivity contribution in [3.8, 4) is 0 Å². The summed E-state index contributed by atoms with van der Waals surface area (Å²) in [7, 11) is -4.74. The molecule has 0 aromatic heterocycles. The van der Waals surface area contributed by atoms with Crippen LogP contribution in [-0.4, -0.2) is 41.0 Å². The van der Waals surface area contributed by atoms with Crippen LogP contribution in [-0.2, 0) is 28.2 Å². The zero-order valence-electron chi connectivity index (χ0n) is 27.6. The number of ether oxygens (including phenoxy) is 2. The average molecular weight is 633 g/mol. The molecule has 0 fully saturated rings. The lowest BCUT2D eigenvalue weighted by Crippen LogP contribution is -2.29. The van der Waals surface area contributed by atoms with Crippen LogP contribution in [0.2, 0.25) is 0 Å². The van der Waals surface area contributed by atoms with Gasteiger partial charge in [0.15, 0.2) is 6.10 Å². The maximum atomic E-state index is 12.3. The highest BCUT2D eigenvalue weighted by Gasteiger charge is 2.22. The van der Waals surface area contributed by atoms with E-state index in [-0.39, 0.29) is 19.4 Å². The fraction of sp³-hybridized carbons (Fsp3) is 0.882. The van der Waals surface area contributed by atoms with Crippen LogP contribution in [0, 0.1) is 0 Å². The Hall–Kier alpha value is -1.21. The monoisotopic (exact) mass is 632 g/mol. The third-order valence-corrected chi connectivity index (χ3v) is 8.02. The predicted octanol–water partition coefficient (Wildman–Crippen LogP) is 9.90. The molecule has 0 heterocycles. The minimum absolute atomic E-state index is 0.215. The molecule has 0 bridgehead atoms. The second-order valence-corrected chi connectivity index (χ2v) is 13.1. The van der Waals surface area contributed by atoms with Crippen molar-refractivity contribution in [1.29, 1.82) is 0 Å². The Balaban J connectivity index is 3.99. The van der Waals surface area contributed by atoms with E-state index in [2.05, 4.69) is 30.5 Å². The molecule has 43 heavy (non-hydrogen) atoms. The lowest BCUT2D eigenvalue weighted by molar-refractivity contribution is -0.161. The van der Waals surface area contributed by atoms with Crippen molar-refractivity contribution < 1.29 is 37.9 Å². The van der Waals surface area contributed by atoms with Crippen LogP contribution in [0.4, 0.5) is 0 Å². The van der Waals surface area contributed by atoms with Gasteiger partial charge in [-0.3, -0.25) is 14.1 Å². The molecule has 1 atom stereocenters. The first-order chi connectivity index (χ1) is 20.8. The number of carbonyl (C=O) groups is 2. The first-order valence-electron chi connectivity index (χ1n) is 17.5. The molecule has 9 heteroatoms. The van der Waals surface area contributed by atoms with E-state index in [0.717, 1.165) is 51.4 Å². The number of carbonyl (C=O) groups excluding carboxylic acids is 2. The summed E-state index contributed by atoms with van der Waals surface area (Å²) in [5, 5.41) is 0. The fourth-order valence-corrected chi connectivity index (χ4v) is 5.26. The summed E-state index contributed by atoms with van der Waals surface area (Å²) in [5.41, 5.74) is 0. The van der Waals surface area contributed by atoms with Crippen LogP contribution >= 0.6 is 7.82 Å². The van der Waals surface area contributed by atoms with Gasteiger partial charge in [-0.15, -0.1) is 0 Å². The van der Waals surface area contributed by atoms with Gasteiger partial charge in [0.1, 0.15) is 6.61 Å². The SMILES string of the molecule is CCCCC/C=C/CCCCCCCC(=O)OC[C@H](COP(=O)(O)O)OC(=O)CCCCCCCCCCCCCCC. The maximum Gasteiger partial charge on any atom is 0.469 e. The third kappa shape index (κ3) is 33.5. The second kappa shape index (κ2) is 30.8. The molecule has 8 nitrogen and oxygen atoms in total. The number of esters is 2. The lowest BCUT2D eigenvalue weighted by Gasteiger charge is -2.18. The Kier molecular flexibility index (Phi) is 29.9. The molecule has 0 aromatic carbocycles. The molecule has 0 rings (SSSR count). The van der Waals surface area contributed by atoms with E-state index < -0.39 is 32.5 Å². The zero-order valence-corrected chi connectivity index (χ0v) is 28.5. The molecule has 2 N–H and O–H groups in total. The molecule has 0 unspecified atom stereocenters. The van der Waals surface area contributed by atoms with Gasteiger partial charge in [-0.25, -0.2) is 4.57 Å². The highest BCUT2D eigenvalue weighted by atomic mass is 31.2. The largest absolute Gasteiger partial charge is 0.469 e. The number of rotatable bonds is 32. The van der Waals surface area contributed by atoms with Crippen LogP contribution in [0.15, 0.2) is 12.2 Å². The minimum Gasteiger partial charge on any atom is -0.462 e. The Labute approximate surface area is 263 Å². The highest BCUT2D eigenvalue weighted by molar-refractivity contribution is 7.46. The van der Waals surface area contributed by atoms with Crippen LogP contribution in [0.3, 0.4) is 0 Å². The molecule has 0 saturated carbocycles. The third-order valence-electron chi connectivity index (χ3n) is 7.53. The van der Waals surface area contributed by atoms with E-state index in [9.17, 15) is 14.2 Å². The molecule has 0 aliphatic rings. The van der Waals surface area contributed by atoms with Crippen molar-refractivity contribution in [3.63, 3.8) is 0 Å². The van der Waals surface area contributed by atoms with Crippen LogP contribution in [0.5, 0.6) is 0 Å². The van der Waals surface area contributed by atoms with E-state index in [1.807, 2.05) is 0 Å². The topological polar surface area (TPSA) is 119 Å². The summed E-state index contributed by atoms with van der Waals surface area (Å²) < 4.78 is 26.2. The molecular weight excluding hydrogens is 567 g/mol. The molecule has 0 saturated heterocycles. The van der Waals surface area contributed by atoms with Gasteiger partial charge in [-0.1, -0.05) is 135 Å². The van der Waals surface area contributed by atoms with Gasteiger partial charge in [-0.05, 0) is 38.5 Å². The summed E-state index contributed by atoms with van der Waals surface area (Å²) in [6, 6.07) is 0. The van der Waals surface area contributed by atoms with E-state index in [1.54, 1.807) is 0 Å². The van der Waals surface area contributed by atoms with E-state index in [0.29, 0.717) is 12.8 Å². The number of phosphoric acid groups is 1. The van der Waals surface area contributed by atoms with Crippen LogP contribution in [0.1, 0.15) is 174 Å². The van der Waals surface area contributed by atoms with Crippen LogP contribution < -0.4 is 0 Å². The van der Waals surface area contributed by atoms with E-state index in [4.69, 9.17) is 19.3 Å². The summed E-state index contributed by atoms with van der Waals surface area (Å²) in [4.78, 5) is 42.5. The number of allylic oxidation sites excluding steroid dienone is 2. The zero-order chi connectivity index (χ0) is 31.9. The van der Waals surface area contributed by atoms with Gasteiger partial charge < -0.3 is 19.3 Å². The standard InChI is InChI=1S/C34H65O8P/c1-3-5-7-9-11-13-15-17-19-21-23-25-27-29-34(36)42-32(31-41-43(37,38)39)30-40-33(35)28-26-24-22-20-18-16-14-12-10-8-6-4-2/h12,14,32H,3-11,13,15-31H2,1-2H3,(H2,37,38,39)/b14-12+/t32-/m1/s1.